The van der Waals surface area contributed by atoms with Gasteiger partial charge in [0.2, 0.25) is 5.91 Å². The molecule has 2 aromatic rings. The van der Waals surface area contributed by atoms with Crippen molar-refractivity contribution < 1.29 is 18.0 Å². The lowest BCUT2D eigenvalue weighted by Crippen LogP contribution is -2.47. The first-order valence-corrected chi connectivity index (χ1v) is 12.4. The van der Waals surface area contributed by atoms with Crippen molar-refractivity contribution in [2.45, 2.75) is 39.3 Å². The number of carbonyl (C=O) groups is 1. The van der Waals surface area contributed by atoms with Crippen LogP contribution in [0.15, 0.2) is 23.6 Å². The van der Waals surface area contributed by atoms with E-state index in [0.717, 1.165) is 63.3 Å². The fraction of sp³-hybridized carbons (Fsp3) is 0.625. The summed E-state index contributed by atoms with van der Waals surface area (Å²) >= 11 is 1.37. The molecule has 0 bridgehead atoms. The Bertz CT molecular complexity index is 926. The van der Waals surface area contributed by atoms with Gasteiger partial charge in [-0.3, -0.25) is 9.69 Å². The second kappa shape index (κ2) is 9.59. The molecule has 0 aliphatic carbocycles. The third-order valence-electron chi connectivity index (χ3n) is 6.68. The molecule has 1 aromatic carbocycles. The van der Waals surface area contributed by atoms with Crippen molar-refractivity contribution in [1.29, 1.82) is 0 Å². The number of piperidine rings is 1. The van der Waals surface area contributed by atoms with E-state index in [1.807, 2.05) is 10.3 Å². The first-order chi connectivity index (χ1) is 15.2. The molecule has 1 aromatic heterocycles. The largest absolute Gasteiger partial charge is 0.416 e. The minimum atomic E-state index is -4.31. The molecule has 2 unspecified atom stereocenters. The lowest BCUT2D eigenvalue weighted by Gasteiger charge is -2.36. The van der Waals surface area contributed by atoms with Crippen molar-refractivity contribution >= 4 is 33.0 Å². The summed E-state index contributed by atoms with van der Waals surface area (Å²) < 4.78 is 39.6. The maximum absolute atomic E-state index is 13.0. The van der Waals surface area contributed by atoms with Crippen molar-refractivity contribution in [1.82, 2.24) is 9.80 Å². The summed E-state index contributed by atoms with van der Waals surface area (Å²) in [6.07, 6.45) is -1.62. The molecular formula is C24H32F3N3OS. The van der Waals surface area contributed by atoms with Crippen LogP contribution in [0.25, 0.3) is 10.1 Å². The van der Waals surface area contributed by atoms with Gasteiger partial charge in [0, 0.05) is 61.2 Å². The molecule has 3 heterocycles. The van der Waals surface area contributed by atoms with E-state index in [1.54, 1.807) is 6.07 Å². The molecule has 4 rings (SSSR count). The number of amides is 1. The van der Waals surface area contributed by atoms with Crippen LogP contribution < -0.4 is 4.90 Å². The van der Waals surface area contributed by atoms with E-state index in [9.17, 15) is 18.0 Å². The zero-order chi connectivity index (χ0) is 22.9. The summed E-state index contributed by atoms with van der Waals surface area (Å²) in [6, 6.07) is 4.03. The van der Waals surface area contributed by atoms with Gasteiger partial charge in [0.05, 0.1) is 11.3 Å². The monoisotopic (exact) mass is 467 g/mol. The molecule has 0 saturated carbocycles. The van der Waals surface area contributed by atoms with Crippen molar-refractivity contribution in [2.75, 3.05) is 50.7 Å². The van der Waals surface area contributed by atoms with E-state index >= 15 is 0 Å². The molecule has 176 valence electrons. The minimum Gasteiger partial charge on any atom is -0.368 e. The molecule has 1 amide bonds. The van der Waals surface area contributed by atoms with E-state index in [2.05, 4.69) is 23.6 Å². The highest BCUT2D eigenvalue weighted by molar-refractivity contribution is 7.17. The van der Waals surface area contributed by atoms with Gasteiger partial charge in [-0.1, -0.05) is 19.9 Å². The van der Waals surface area contributed by atoms with Gasteiger partial charge in [-0.2, -0.15) is 13.2 Å². The van der Waals surface area contributed by atoms with Gasteiger partial charge in [0.15, 0.2) is 0 Å². The van der Waals surface area contributed by atoms with E-state index in [0.29, 0.717) is 23.0 Å². The summed E-state index contributed by atoms with van der Waals surface area (Å²) in [6.45, 7) is 10.7. The number of nitrogens with zero attached hydrogens (tertiary/aromatic N) is 3. The molecule has 2 aliphatic rings. The Labute approximate surface area is 192 Å². The SMILES string of the molecule is CC1CC(C)CN(C(=O)CCCN2CCN(c3csc4cc(C(F)(F)F)ccc34)CC2)C1. The normalized spacial score (nSPS) is 23.2. The quantitative estimate of drug-likeness (QED) is 0.595. The number of halogens is 3. The van der Waals surface area contributed by atoms with Gasteiger partial charge in [-0.25, -0.2) is 0 Å². The summed E-state index contributed by atoms with van der Waals surface area (Å²) in [4.78, 5) is 19.3. The topological polar surface area (TPSA) is 26.8 Å². The Hall–Kier alpha value is -1.80. The molecule has 0 N–H and O–H groups in total. The standard InChI is InChI=1S/C24H32F3N3OS/c1-17-12-18(2)15-30(14-17)23(31)4-3-7-28-8-10-29(11-9-28)21-16-32-22-13-19(24(25,26)27)5-6-20(21)22/h5-6,13,16-18H,3-4,7-12,14-15H2,1-2H3. The third-order valence-corrected chi connectivity index (χ3v) is 7.61. The summed E-state index contributed by atoms with van der Waals surface area (Å²) in [7, 11) is 0. The molecule has 2 aliphatic heterocycles. The number of piperazine rings is 1. The smallest absolute Gasteiger partial charge is 0.368 e. The number of hydrogen-bond acceptors (Lipinski definition) is 4. The highest BCUT2D eigenvalue weighted by atomic mass is 32.1. The molecule has 0 spiro atoms. The number of alkyl halides is 3. The fourth-order valence-electron chi connectivity index (χ4n) is 5.13. The molecule has 0 radical (unpaired) electrons. The molecule has 32 heavy (non-hydrogen) atoms. The van der Waals surface area contributed by atoms with E-state index in [1.165, 1.54) is 29.9 Å². The van der Waals surface area contributed by atoms with Crippen LogP contribution >= 0.6 is 11.3 Å². The maximum Gasteiger partial charge on any atom is 0.416 e. The van der Waals surface area contributed by atoms with E-state index < -0.39 is 11.7 Å². The molecule has 4 nitrogen and oxygen atoms in total. The number of carbonyl (C=O) groups excluding carboxylic acids is 1. The van der Waals surface area contributed by atoms with Gasteiger partial charge in [0.1, 0.15) is 0 Å². The zero-order valence-corrected chi connectivity index (χ0v) is 19.6. The number of hydrogen-bond donors (Lipinski definition) is 0. The predicted octanol–water partition coefficient (Wildman–Crippen LogP) is 5.33. The summed E-state index contributed by atoms with van der Waals surface area (Å²) in [5.74, 6) is 1.46. The Morgan fingerprint density at radius 3 is 2.44 bits per heavy atom. The summed E-state index contributed by atoms with van der Waals surface area (Å²) in [5.41, 5.74) is 0.438. The molecule has 2 atom stereocenters. The van der Waals surface area contributed by atoms with Crippen LogP contribution in [0, 0.1) is 11.8 Å². The number of thiophene rings is 1. The van der Waals surface area contributed by atoms with Crippen LogP contribution in [0.2, 0.25) is 0 Å². The highest BCUT2D eigenvalue weighted by Gasteiger charge is 2.31. The second-order valence-electron chi connectivity index (χ2n) is 9.51. The second-order valence-corrected chi connectivity index (χ2v) is 10.4. The Balaban J connectivity index is 1.25. The van der Waals surface area contributed by atoms with Crippen LogP contribution in [0.4, 0.5) is 18.9 Å². The van der Waals surface area contributed by atoms with Crippen molar-refractivity contribution in [2.24, 2.45) is 11.8 Å². The van der Waals surface area contributed by atoms with Gasteiger partial charge in [-0.05, 0) is 43.4 Å². The fourth-order valence-corrected chi connectivity index (χ4v) is 6.14. The highest BCUT2D eigenvalue weighted by Crippen LogP contribution is 2.38. The average Bonchev–Trinajstić information content (AvgIpc) is 3.16. The number of fused-ring (bicyclic) bond motifs is 1. The van der Waals surface area contributed by atoms with Crippen LogP contribution in [0.3, 0.4) is 0 Å². The number of benzene rings is 1. The van der Waals surface area contributed by atoms with Crippen LogP contribution in [0.1, 0.15) is 38.7 Å². The first kappa shape index (κ1) is 23.4. The zero-order valence-electron chi connectivity index (χ0n) is 18.8. The van der Waals surface area contributed by atoms with E-state index in [-0.39, 0.29) is 5.91 Å². The van der Waals surface area contributed by atoms with Gasteiger partial charge in [-0.15, -0.1) is 11.3 Å². The molecule has 8 heteroatoms. The Morgan fingerprint density at radius 2 is 1.78 bits per heavy atom. The maximum atomic E-state index is 13.0. The van der Waals surface area contributed by atoms with Gasteiger partial charge in [0.25, 0.3) is 0 Å². The van der Waals surface area contributed by atoms with Gasteiger partial charge < -0.3 is 9.80 Å². The van der Waals surface area contributed by atoms with E-state index in [4.69, 9.17) is 0 Å². The van der Waals surface area contributed by atoms with Crippen LogP contribution in [-0.4, -0.2) is 61.5 Å². The van der Waals surface area contributed by atoms with Crippen LogP contribution in [0.5, 0.6) is 0 Å². The van der Waals surface area contributed by atoms with Gasteiger partial charge >= 0.3 is 6.18 Å². The number of likely N-dealkylation sites (tertiary alicyclic amines) is 1. The Morgan fingerprint density at radius 1 is 1.09 bits per heavy atom. The summed E-state index contributed by atoms with van der Waals surface area (Å²) in [5, 5.41) is 2.87. The lowest BCUT2D eigenvalue weighted by atomic mass is 9.91. The Kier molecular flexibility index (Phi) is 7.00. The van der Waals surface area contributed by atoms with Crippen molar-refractivity contribution in [3.05, 3.63) is 29.1 Å². The average molecular weight is 468 g/mol. The minimum absolute atomic E-state index is 0.282. The number of rotatable bonds is 5. The first-order valence-electron chi connectivity index (χ1n) is 11.5. The van der Waals surface area contributed by atoms with Crippen LogP contribution in [-0.2, 0) is 11.0 Å². The molecule has 2 fully saturated rings. The molecule has 2 saturated heterocycles. The predicted molar refractivity (Wildman–Crippen MR) is 124 cm³/mol. The number of anilines is 1. The van der Waals surface area contributed by atoms with Crippen molar-refractivity contribution in [3.63, 3.8) is 0 Å². The lowest BCUT2D eigenvalue weighted by molar-refractivity contribution is -0.137. The van der Waals surface area contributed by atoms with Crippen molar-refractivity contribution in [3.8, 4) is 0 Å². The third kappa shape index (κ3) is 5.39. The molecular weight excluding hydrogens is 435 g/mol.